The van der Waals surface area contributed by atoms with Crippen LogP contribution in [-0.2, 0) is 28.7 Å². The zero-order valence-electron chi connectivity index (χ0n) is 15.4. The molecule has 0 N–H and O–H groups in total. The maximum Gasteiger partial charge on any atom is 1.00 e. The van der Waals surface area contributed by atoms with Crippen molar-refractivity contribution in [3.63, 3.8) is 0 Å². The number of carbonyl (C=O) groups is 1. The summed E-state index contributed by atoms with van der Waals surface area (Å²) in [6.45, 7) is 10.8. The van der Waals surface area contributed by atoms with Gasteiger partial charge in [-0.25, -0.2) is 0 Å². The minimum absolute atomic E-state index is 0. The molecule has 0 aromatic rings. The van der Waals surface area contributed by atoms with Gasteiger partial charge >= 0.3 is 121 Å². The molecule has 1 saturated heterocycles. The van der Waals surface area contributed by atoms with Crippen molar-refractivity contribution in [2.75, 3.05) is 6.61 Å². The molecule has 0 spiro atoms. The maximum absolute atomic E-state index is 10.0. The smallest absolute Gasteiger partial charge is 0.512 e. The summed E-state index contributed by atoms with van der Waals surface area (Å²) in [6.07, 6.45) is 5.03. The Bertz CT molecular complexity index is 397. The molecule has 0 unspecified atom stereocenters. The number of hydrogen-bond acceptors (Lipinski definition) is 9. The predicted molar refractivity (Wildman–Crippen MR) is 75.9 cm³/mol. The molecule has 0 radical (unpaired) electrons. The van der Waals surface area contributed by atoms with E-state index in [2.05, 4.69) is 11.7 Å². The van der Waals surface area contributed by atoms with Gasteiger partial charge in [-0.2, -0.15) is 36.1 Å². The molecular formula is C15H19K2N3O6. The number of esters is 1. The third-order valence-corrected chi connectivity index (χ3v) is 1.44. The van der Waals surface area contributed by atoms with Gasteiger partial charge in [0.1, 0.15) is 0 Å². The number of carbonyl (C=O) groups excluding carboxylic acids is 5. The standard InChI is InChI=1S/C4H7N.C4H6N.C4H6O2.CN.2CO2.2K/c2*1-2-3-4-5;5-4-2-1-3-6-4;1-2;2*2-1-3;;/h2-3H2,1H3;1-3H2;1-3H2;;;;;/q;-1;;-1;;;2*+1. The molecule has 26 heavy (non-hydrogen) atoms. The Balaban J connectivity index is -0.0000000341. The molecule has 1 heterocycles. The fraction of sp³-hybridized carbons (Fsp3) is 0.533. The molecule has 0 bridgehead atoms. The van der Waals surface area contributed by atoms with Crippen molar-refractivity contribution in [3.8, 4) is 12.1 Å². The third-order valence-electron chi connectivity index (χ3n) is 1.44. The van der Waals surface area contributed by atoms with Crippen LogP contribution in [0.1, 0.15) is 45.4 Å². The summed E-state index contributed by atoms with van der Waals surface area (Å²) >= 11 is 0. The molecule has 132 valence electrons. The fourth-order valence-electron chi connectivity index (χ4n) is 0.666. The van der Waals surface area contributed by atoms with E-state index in [1.54, 1.807) is 0 Å². The number of unbranched alkanes of at least 4 members (excludes halogenated alkanes) is 2. The maximum atomic E-state index is 10.0. The van der Waals surface area contributed by atoms with E-state index in [1.165, 1.54) is 0 Å². The largest absolute Gasteiger partial charge is 1.00 e. The molecule has 1 aliphatic heterocycles. The molecule has 0 saturated carbocycles. The van der Waals surface area contributed by atoms with Crippen molar-refractivity contribution >= 4 is 18.3 Å². The van der Waals surface area contributed by atoms with Crippen molar-refractivity contribution in [3.05, 3.63) is 13.5 Å². The van der Waals surface area contributed by atoms with Crippen LogP contribution in [0.2, 0.25) is 0 Å². The topological polar surface area (TPSA) is 166 Å². The fourth-order valence-corrected chi connectivity index (χ4v) is 0.666. The zero-order valence-corrected chi connectivity index (χ0v) is 21.7. The van der Waals surface area contributed by atoms with Gasteiger partial charge in [-0.1, -0.05) is 6.92 Å². The van der Waals surface area contributed by atoms with Crippen LogP contribution in [-0.4, -0.2) is 24.9 Å². The molecular weight excluding hydrogens is 396 g/mol. The van der Waals surface area contributed by atoms with E-state index in [4.69, 9.17) is 41.5 Å². The van der Waals surface area contributed by atoms with Gasteiger partial charge in [0.25, 0.3) is 0 Å². The van der Waals surface area contributed by atoms with Crippen LogP contribution in [0.15, 0.2) is 0 Å². The summed E-state index contributed by atoms with van der Waals surface area (Å²) in [7, 11) is 0. The van der Waals surface area contributed by atoms with Gasteiger partial charge in [0, 0.05) is 19.3 Å². The Kier molecular flexibility index (Phi) is 111. The van der Waals surface area contributed by atoms with E-state index in [0.717, 1.165) is 19.3 Å². The molecule has 0 amide bonds. The van der Waals surface area contributed by atoms with E-state index in [1.807, 2.05) is 19.1 Å². The minimum Gasteiger partial charge on any atom is -0.512 e. The molecule has 1 aliphatic rings. The number of rotatable bonds is 2. The van der Waals surface area contributed by atoms with E-state index in [0.29, 0.717) is 25.9 Å². The van der Waals surface area contributed by atoms with Gasteiger partial charge in [0.2, 0.25) is 0 Å². The summed E-state index contributed by atoms with van der Waals surface area (Å²) < 4.78 is 4.51. The Labute approximate surface area is 239 Å². The van der Waals surface area contributed by atoms with Gasteiger partial charge in [-0.3, -0.25) is 4.79 Å². The predicted octanol–water partition coefficient (Wildman–Crippen LogP) is -4.30. The molecule has 0 aliphatic carbocycles. The van der Waals surface area contributed by atoms with Gasteiger partial charge in [-0.05, 0) is 12.8 Å². The average molecular weight is 416 g/mol. The molecule has 0 aromatic heterocycles. The zero-order chi connectivity index (χ0) is 20.1. The first-order valence-electron chi connectivity index (χ1n) is 6.45. The first-order chi connectivity index (χ1) is 11.6. The molecule has 9 nitrogen and oxygen atoms in total. The van der Waals surface area contributed by atoms with Crippen molar-refractivity contribution in [1.82, 2.24) is 0 Å². The van der Waals surface area contributed by atoms with Gasteiger partial charge in [-0.15, -0.1) is 0 Å². The van der Waals surface area contributed by atoms with Gasteiger partial charge in [0.15, 0.2) is 0 Å². The van der Waals surface area contributed by atoms with Gasteiger partial charge < -0.3 is 23.5 Å². The van der Waals surface area contributed by atoms with Crippen LogP contribution in [0, 0.1) is 41.4 Å². The number of ether oxygens (including phenoxy) is 1. The Morgan fingerprint density at radius 3 is 1.46 bits per heavy atom. The molecule has 1 fully saturated rings. The Morgan fingerprint density at radius 1 is 1.04 bits per heavy atom. The summed E-state index contributed by atoms with van der Waals surface area (Å²) in [5, 5.41) is 21.8. The van der Waals surface area contributed by atoms with Crippen molar-refractivity contribution < 1.29 is 131 Å². The number of nitrogens with zero attached hydrogens (tertiary/aromatic N) is 3. The number of nitriles is 2. The molecule has 0 aromatic carbocycles. The van der Waals surface area contributed by atoms with Crippen LogP contribution >= 0.6 is 0 Å². The van der Waals surface area contributed by atoms with Crippen LogP contribution in [0.4, 0.5) is 0 Å². The molecule has 11 heteroatoms. The second-order valence-electron chi connectivity index (χ2n) is 3.16. The quantitative estimate of drug-likeness (QED) is 0.246. The second kappa shape index (κ2) is 64.0. The van der Waals surface area contributed by atoms with Gasteiger partial charge in [0.05, 0.1) is 18.7 Å². The normalized spacial score (nSPS) is 8.00. The summed E-state index contributed by atoms with van der Waals surface area (Å²) in [4.78, 5) is 42.5. The van der Waals surface area contributed by atoms with E-state index < -0.39 is 0 Å². The second-order valence-corrected chi connectivity index (χ2v) is 3.16. The third kappa shape index (κ3) is 105. The molecule has 1 rings (SSSR count). The number of hydrogen-bond donors (Lipinski definition) is 0. The number of cyclic esters (lactones) is 1. The van der Waals surface area contributed by atoms with E-state index >= 15 is 0 Å². The van der Waals surface area contributed by atoms with Crippen molar-refractivity contribution in [1.29, 1.82) is 15.8 Å². The summed E-state index contributed by atoms with van der Waals surface area (Å²) in [6, 6.07) is 3.97. The minimum atomic E-state index is -0.0463. The van der Waals surface area contributed by atoms with E-state index in [-0.39, 0.29) is 121 Å². The summed E-state index contributed by atoms with van der Waals surface area (Å²) in [5.41, 5.74) is 0. The monoisotopic (exact) mass is 415 g/mol. The first kappa shape index (κ1) is 45.0. The average Bonchev–Trinajstić information content (AvgIpc) is 3.05. The van der Waals surface area contributed by atoms with Crippen LogP contribution < -0.4 is 103 Å². The Morgan fingerprint density at radius 2 is 1.42 bits per heavy atom. The first-order valence-corrected chi connectivity index (χ1v) is 6.45. The van der Waals surface area contributed by atoms with Crippen LogP contribution in [0.5, 0.6) is 0 Å². The Hall–Kier alpha value is -0.0273. The summed E-state index contributed by atoms with van der Waals surface area (Å²) in [5.74, 6) is -0.0463. The van der Waals surface area contributed by atoms with Crippen molar-refractivity contribution in [2.45, 2.75) is 45.4 Å². The van der Waals surface area contributed by atoms with Crippen molar-refractivity contribution in [2.24, 2.45) is 0 Å². The van der Waals surface area contributed by atoms with E-state index in [9.17, 15) is 4.79 Å². The van der Waals surface area contributed by atoms with Crippen LogP contribution in [0.25, 0.3) is 0 Å². The SMILES string of the molecule is CCCC#N.O=C1CCCO1.O=C=O.O=C=O.[C-]#N.[CH2-]CCC#N.[K+].[K+]. The molecule has 0 atom stereocenters. The van der Waals surface area contributed by atoms with Crippen LogP contribution in [0.3, 0.4) is 0 Å².